The molecular weight excluding hydrogens is 396 g/mol. The number of pyridine rings is 1. The molecule has 9 nitrogen and oxygen atoms in total. The summed E-state index contributed by atoms with van der Waals surface area (Å²) in [7, 11) is -1.95. The van der Waals surface area contributed by atoms with E-state index in [2.05, 4.69) is 10.3 Å². The highest BCUT2D eigenvalue weighted by molar-refractivity contribution is 7.88. The van der Waals surface area contributed by atoms with Crippen LogP contribution < -0.4 is 10.1 Å². The van der Waals surface area contributed by atoms with Gasteiger partial charge in [0.05, 0.1) is 24.8 Å². The number of hydrogen-bond donors (Lipinski definition) is 1. The summed E-state index contributed by atoms with van der Waals surface area (Å²) in [6.07, 6.45) is 5.35. The third-order valence-corrected chi connectivity index (χ3v) is 6.88. The van der Waals surface area contributed by atoms with Crippen molar-refractivity contribution in [3.8, 4) is 5.88 Å². The summed E-state index contributed by atoms with van der Waals surface area (Å²) < 4.78 is 31.2. The SMILES string of the molecule is COc1ccc(C(=O)N2CCCN(S(C)(=O)=O)C3CCCC3C(=O)NCC2)cn1. The van der Waals surface area contributed by atoms with E-state index in [9.17, 15) is 18.0 Å². The van der Waals surface area contributed by atoms with Crippen LogP contribution in [0.1, 0.15) is 36.0 Å². The molecule has 0 spiro atoms. The number of sulfonamides is 1. The number of rotatable bonds is 3. The van der Waals surface area contributed by atoms with E-state index in [1.165, 1.54) is 23.9 Å². The predicted molar refractivity (Wildman–Crippen MR) is 107 cm³/mol. The van der Waals surface area contributed by atoms with Crippen molar-refractivity contribution in [2.45, 2.75) is 31.7 Å². The maximum atomic E-state index is 12.9. The molecule has 2 atom stereocenters. The van der Waals surface area contributed by atoms with Crippen LogP contribution in [0.25, 0.3) is 0 Å². The fourth-order valence-electron chi connectivity index (χ4n) is 4.16. The van der Waals surface area contributed by atoms with E-state index in [-0.39, 0.29) is 30.3 Å². The number of amides is 2. The number of carbonyl (C=O) groups is 2. The minimum atomic E-state index is -3.45. The topological polar surface area (TPSA) is 109 Å². The van der Waals surface area contributed by atoms with Gasteiger partial charge in [0.1, 0.15) is 0 Å². The number of aromatic nitrogens is 1. The van der Waals surface area contributed by atoms with Crippen molar-refractivity contribution in [2.75, 3.05) is 39.5 Å². The molecule has 2 aliphatic rings. The molecule has 0 radical (unpaired) electrons. The van der Waals surface area contributed by atoms with E-state index in [0.29, 0.717) is 50.3 Å². The highest BCUT2D eigenvalue weighted by Crippen LogP contribution is 2.32. The van der Waals surface area contributed by atoms with Crippen molar-refractivity contribution in [1.82, 2.24) is 19.5 Å². The second kappa shape index (κ2) is 9.08. The van der Waals surface area contributed by atoms with Crippen LogP contribution in [0, 0.1) is 5.92 Å². The lowest BCUT2D eigenvalue weighted by Gasteiger charge is -2.30. The Morgan fingerprint density at radius 3 is 2.66 bits per heavy atom. The van der Waals surface area contributed by atoms with Crippen molar-refractivity contribution in [1.29, 1.82) is 0 Å². The average molecular weight is 425 g/mol. The summed E-state index contributed by atoms with van der Waals surface area (Å²) in [5.41, 5.74) is 0.420. The van der Waals surface area contributed by atoms with Crippen LogP contribution in [0.5, 0.6) is 5.88 Å². The Kier molecular flexibility index (Phi) is 6.74. The fraction of sp³-hybridized carbons (Fsp3) is 0.632. The van der Waals surface area contributed by atoms with Gasteiger partial charge < -0.3 is 15.0 Å². The Labute approximate surface area is 171 Å². The van der Waals surface area contributed by atoms with Crippen LogP contribution >= 0.6 is 0 Å². The van der Waals surface area contributed by atoms with Crippen molar-refractivity contribution < 1.29 is 22.7 Å². The van der Waals surface area contributed by atoms with Crippen LogP contribution in [-0.4, -0.2) is 80.0 Å². The first-order valence-electron chi connectivity index (χ1n) is 9.85. The summed E-state index contributed by atoms with van der Waals surface area (Å²) >= 11 is 0. The largest absolute Gasteiger partial charge is 0.481 e. The zero-order chi connectivity index (χ0) is 21.0. The van der Waals surface area contributed by atoms with Gasteiger partial charge in [0.2, 0.25) is 21.8 Å². The second-order valence-electron chi connectivity index (χ2n) is 7.50. The van der Waals surface area contributed by atoms with Gasteiger partial charge in [0.15, 0.2) is 0 Å². The predicted octanol–water partition coefficient (Wildman–Crippen LogP) is 0.483. The molecule has 1 N–H and O–H groups in total. The lowest BCUT2D eigenvalue weighted by Crippen LogP contribution is -2.47. The van der Waals surface area contributed by atoms with Crippen LogP contribution in [-0.2, 0) is 14.8 Å². The molecule has 29 heavy (non-hydrogen) atoms. The fourth-order valence-corrected chi connectivity index (χ4v) is 5.36. The minimum absolute atomic E-state index is 0.137. The van der Waals surface area contributed by atoms with Crippen LogP contribution in [0.4, 0.5) is 0 Å². The van der Waals surface area contributed by atoms with Gasteiger partial charge in [0.25, 0.3) is 5.91 Å². The van der Waals surface area contributed by atoms with Crippen LogP contribution in [0.15, 0.2) is 18.3 Å². The van der Waals surface area contributed by atoms with Crippen LogP contribution in [0.2, 0.25) is 0 Å². The van der Waals surface area contributed by atoms with Gasteiger partial charge in [-0.3, -0.25) is 9.59 Å². The summed E-state index contributed by atoms with van der Waals surface area (Å²) in [4.78, 5) is 31.3. The number of hydrogen-bond acceptors (Lipinski definition) is 6. The monoisotopic (exact) mass is 424 g/mol. The zero-order valence-corrected chi connectivity index (χ0v) is 17.7. The molecule has 1 aromatic heterocycles. The standard InChI is InChI=1S/C19H28N4O5S/c1-28-17-8-7-14(13-21-17)19(25)22-10-4-11-23(29(2,26)27)16-6-3-5-15(16)18(24)20-9-12-22/h7-8,13,15-16H,3-6,9-12H2,1-2H3,(H,20,24). The number of carbonyl (C=O) groups excluding carboxylic acids is 2. The number of nitrogens with zero attached hydrogens (tertiary/aromatic N) is 3. The maximum absolute atomic E-state index is 12.9. The molecule has 0 aromatic carbocycles. The molecule has 1 aromatic rings. The molecular formula is C19H28N4O5S. The molecule has 10 heteroatoms. The number of nitrogens with one attached hydrogen (secondary N) is 1. The molecule has 160 valence electrons. The van der Waals surface area contributed by atoms with Crippen molar-refractivity contribution in [2.24, 2.45) is 5.92 Å². The van der Waals surface area contributed by atoms with Gasteiger partial charge in [0, 0.05) is 44.5 Å². The molecule has 1 saturated heterocycles. The minimum Gasteiger partial charge on any atom is -0.481 e. The van der Waals surface area contributed by atoms with Crippen LogP contribution in [0.3, 0.4) is 0 Å². The summed E-state index contributed by atoms with van der Waals surface area (Å²) in [6.45, 7) is 1.37. The van der Waals surface area contributed by atoms with Gasteiger partial charge in [-0.1, -0.05) is 6.42 Å². The summed E-state index contributed by atoms with van der Waals surface area (Å²) in [6, 6.07) is 2.96. The van der Waals surface area contributed by atoms with Gasteiger partial charge >= 0.3 is 0 Å². The first kappa shape index (κ1) is 21.5. The van der Waals surface area contributed by atoms with Gasteiger partial charge in [-0.15, -0.1) is 0 Å². The van der Waals surface area contributed by atoms with Crippen molar-refractivity contribution in [3.63, 3.8) is 0 Å². The quantitative estimate of drug-likeness (QED) is 0.756. The third-order valence-electron chi connectivity index (χ3n) is 5.58. The van der Waals surface area contributed by atoms with Gasteiger partial charge in [-0.05, 0) is 25.3 Å². The summed E-state index contributed by atoms with van der Waals surface area (Å²) in [5.74, 6) is -0.263. The second-order valence-corrected chi connectivity index (χ2v) is 9.44. The van der Waals surface area contributed by atoms with E-state index >= 15 is 0 Å². The molecule has 0 bridgehead atoms. The Bertz CT molecular complexity index is 843. The molecule has 1 aliphatic heterocycles. The smallest absolute Gasteiger partial charge is 0.255 e. The third kappa shape index (κ3) is 5.05. The van der Waals surface area contributed by atoms with Crippen molar-refractivity contribution >= 4 is 21.8 Å². The van der Waals surface area contributed by atoms with E-state index in [4.69, 9.17) is 4.74 Å². The first-order chi connectivity index (χ1) is 13.8. The Hall–Kier alpha value is -2.20. The molecule has 3 rings (SSSR count). The number of ether oxygens (including phenoxy) is 1. The highest BCUT2D eigenvalue weighted by Gasteiger charge is 2.40. The molecule has 2 heterocycles. The Morgan fingerprint density at radius 1 is 1.21 bits per heavy atom. The van der Waals surface area contributed by atoms with E-state index in [1.807, 2.05) is 0 Å². The van der Waals surface area contributed by atoms with E-state index in [1.54, 1.807) is 17.0 Å². The van der Waals surface area contributed by atoms with Crippen molar-refractivity contribution in [3.05, 3.63) is 23.9 Å². The maximum Gasteiger partial charge on any atom is 0.255 e. The number of methoxy groups -OCH3 is 1. The van der Waals surface area contributed by atoms with Gasteiger partial charge in [-0.2, -0.15) is 4.31 Å². The molecule has 1 saturated carbocycles. The Morgan fingerprint density at radius 2 is 2.00 bits per heavy atom. The molecule has 2 fully saturated rings. The molecule has 2 amide bonds. The molecule has 2 unspecified atom stereocenters. The lowest BCUT2D eigenvalue weighted by atomic mass is 10.0. The van der Waals surface area contributed by atoms with E-state index in [0.717, 1.165) is 6.42 Å². The average Bonchev–Trinajstić information content (AvgIpc) is 3.16. The highest BCUT2D eigenvalue weighted by atomic mass is 32.2. The molecule has 1 aliphatic carbocycles. The summed E-state index contributed by atoms with van der Waals surface area (Å²) in [5, 5.41) is 2.89. The number of fused-ring (bicyclic) bond motifs is 1. The lowest BCUT2D eigenvalue weighted by molar-refractivity contribution is -0.125. The Balaban J connectivity index is 1.78. The first-order valence-corrected chi connectivity index (χ1v) is 11.7. The normalized spacial score (nSPS) is 24.3. The zero-order valence-electron chi connectivity index (χ0n) is 16.8. The van der Waals surface area contributed by atoms with Gasteiger partial charge in [-0.25, -0.2) is 13.4 Å². The van der Waals surface area contributed by atoms with E-state index < -0.39 is 10.0 Å².